The summed E-state index contributed by atoms with van der Waals surface area (Å²) in [5.74, 6) is 0.766. The Labute approximate surface area is 155 Å². The van der Waals surface area contributed by atoms with E-state index in [1.807, 2.05) is 61.6 Å². The number of para-hydroxylation sites is 2. The van der Waals surface area contributed by atoms with E-state index in [-0.39, 0.29) is 5.91 Å². The molecule has 0 spiro atoms. The second-order valence-electron chi connectivity index (χ2n) is 6.22. The number of hydrogen-bond acceptors (Lipinski definition) is 5. The van der Waals surface area contributed by atoms with Crippen LogP contribution in [-0.4, -0.2) is 42.2 Å². The highest BCUT2D eigenvalue weighted by atomic mass is 16.2. The number of carbonyl (C=O) groups excluding carboxylic acids is 1. The van der Waals surface area contributed by atoms with Gasteiger partial charge in [0.15, 0.2) is 6.04 Å². The number of aromatic nitrogens is 6. The number of rotatable bonds is 6. The summed E-state index contributed by atoms with van der Waals surface area (Å²) in [6.45, 7) is 0.474. The maximum Gasteiger partial charge on any atom is 0.249 e. The highest BCUT2D eigenvalue weighted by molar-refractivity contribution is 5.83. The number of hydrogen-bond donors (Lipinski definition) is 1. The van der Waals surface area contributed by atoms with Crippen LogP contribution in [-0.2, 0) is 18.3 Å². The van der Waals surface area contributed by atoms with Crippen LogP contribution in [0, 0.1) is 0 Å². The Morgan fingerprint density at radius 1 is 1.11 bits per heavy atom. The fourth-order valence-corrected chi connectivity index (χ4v) is 3.16. The first-order chi connectivity index (χ1) is 13.2. The van der Waals surface area contributed by atoms with E-state index in [0.717, 1.165) is 22.4 Å². The zero-order chi connectivity index (χ0) is 18.6. The van der Waals surface area contributed by atoms with E-state index in [2.05, 4.69) is 30.4 Å². The van der Waals surface area contributed by atoms with Crippen LogP contribution in [0.4, 0.5) is 0 Å². The number of aryl methyl sites for hydroxylation is 1. The normalized spacial score (nSPS) is 12.2. The molecule has 0 aliphatic heterocycles. The molecule has 0 saturated carbocycles. The van der Waals surface area contributed by atoms with Crippen LogP contribution in [0.15, 0.2) is 60.9 Å². The number of benzene rings is 2. The molecule has 136 valence electrons. The lowest BCUT2D eigenvalue weighted by molar-refractivity contribution is -0.123. The second kappa shape index (κ2) is 7.36. The van der Waals surface area contributed by atoms with Gasteiger partial charge in [0.1, 0.15) is 12.2 Å². The van der Waals surface area contributed by atoms with Crippen LogP contribution in [0.5, 0.6) is 0 Å². The molecule has 8 heteroatoms. The summed E-state index contributed by atoms with van der Waals surface area (Å²) in [6.07, 6.45) is 2.08. The number of tetrazole rings is 1. The Morgan fingerprint density at radius 2 is 1.89 bits per heavy atom. The maximum absolute atomic E-state index is 12.8. The molecular weight excluding hydrogens is 342 g/mol. The van der Waals surface area contributed by atoms with Gasteiger partial charge in [-0.3, -0.25) is 4.79 Å². The van der Waals surface area contributed by atoms with Crippen molar-refractivity contribution >= 4 is 16.9 Å². The zero-order valence-electron chi connectivity index (χ0n) is 14.9. The van der Waals surface area contributed by atoms with E-state index in [0.29, 0.717) is 13.0 Å². The lowest BCUT2D eigenvalue weighted by Crippen LogP contribution is -2.35. The van der Waals surface area contributed by atoms with Crippen LogP contribution < -0.4 is 5.32 Å². The van der Waals surface area contributed by atoms with Crippen LogP contribution in [0.1, 0.15) is 17.4 Å². The Morgan fingerprint density at radius 3 is 2.63 bits per heavy atom. The van der Waals surface area contributed by atoms with Gasteiger partial charge in [0.05, 0.1) is 11.0 Å². The number of imidazole rings is 1. The summed E-state index contributed by atoms with van der Waals surface area (Å²) in [7, 11) is 1.99. The molecule has 0 unspecified atom stereocenters. The van der Waals surface area contributed by atoms with Crippen molar-refractivity contribution in [1.82, 2.24) is 35.1 Å². The number of carbonyl (C=O) groups is 1. The van der Waals surface area contributed by atoms with Gasteiger partial charge in [-0.15, -0.1) is 5.10 Å². The molecule has 0 saturated heterocycles. The summed E-state index contributed by atoms with van der Waals surface area (Å²) in [5.41, 5.74) is 2.86. The second-order valence-corrected chi connectivity index (χ2v) is 6.22. The number of fused-ring (bicyclic) bond motifs is 1. The Hall–Kier alpha value is -3.55. The molecule has 0 fully saturated rings. The summed E-state index contributed by atoms with van der Waals surface area (Å²) in [6, 6.07) is 16.8. The van der Waals surface area contributed by atoms with Crippen LogP contribution in [0.2, 0.25) is 0 Å². The van der Waals surface area contributed by atoms with Crippen molar-refractivity contribution in [2.24, 2.45) is 7.05 Å². The van der Waals surface area contributed by atoms with Crippen molar-refractivity contribution in [3.05, 3.63) is 72.3 Å². The summed E-state index contributed by atoms with van der Waals surface area (Å²) < 4.78 is 3.51. The quantitative estimate of drug-likeness (QED) is 0.562. The smallest absolute Gasteiger partial charge is 0.249 e. The van der Waals surface area contributed by atoms with E-state index < -0.39 is 6.04 Å². The maximum atomic E-state index is 12.8. The molecule has 27 heavy (non-hydrogen) atoms. The molecule has 1 atom stereocenters. The minimum Gasteiger partial charge on any atom is -0.353 e. The van der Waals surface area contributed by atoms with Crippen molar-refractivity contribution < 1.29 is 4.79 Å². The molecule has 0 bridgehead atoms. The molecule has 0 aliphatic carbocycles. The minimum absolute atomic E-state index is 0.160. The molecule has 2 aromatic heterocycles. The lowest BCUT2D eigenvalue weighted by atomic mass is 10.1. The van der Waals surface area contributed by atoms with Gasteiger partial charge in [-0.1, -0.05) is 42.5 Å². The molecule has 1 amide bonds. The van der Waals surface area contributed by atoms with E-state index in [1.54, 1.807) is 0 Å². The third kappa shape index (κ3) is 3.41. The van der Waals surface area contributed by atoms with Crippen molar-refractivity contribution in [3.63, 3.8) is 0 Å². The van der Waals surface area contributed by atoms with Gasteiger partial charge in [-0.2, -0.15) is 0 Å². The lowest BCUT2D eigenvalue weighted by Gasteiger charge is -2.16. The first-order valence-electron chi connectivity index (χ1n) is 8.69. The van der Waals surface area contributed by atoms with E-state index in [4.69, 9.17) is 0 Å². The van der Waals surface area contributed by atoms with Crippen LogP contribution >= 0.6 is 0 Å². The van der Waals surface area contributed by atoms with Crippen molar-refractivity contribution in [1.29, 1.82) is 0 Å². The first kappa shape index (κ1) is 16.9. The average Bonchev–Trinajstić information content (AvgIpc) is 3.32. The highest BCUT2D eigenvalue weighted by Crippen LogP contribution is 2.17. The molecule has 4 aromatic rings. The molecule has 4 rings (SSSR count). The van der Waals surface area contributed by atoms with Crippen molar-refractivity contribution in [3.8, 4) is 0 Å². The van der Waals surface area contributed by atoms with Gasteiger partial charge in [0.25, 0.3) is 0 Å². The molecule has 0 aliphatic rings. The molecule has 1 N–H and O–H groups in total. The van der Waals surface area contributed by atoms with E-state index in [9.17, 15) is 4.79 Å². The van der Waals surface area contributed by atoms with Crippen molar-refractivity contribution in [2.45, 2.75) is 12.5 Å². The van der Waals surface area contributed by atoms with Crippen molar-refractivity contribution in [2.75, 3.05) is 6.54 Å². The summed E-state index contributed by atoms with van der Waals surface area (Å²) in [5, 5.41) is 14.2. The predicted octanol–water partition coefficient (Wildman–Crippen LogP) is 1.51. The van der Waals surface area contributed by atoms with E-state index in [1.165, 1.54) is 11.0 Å². The summed E-state index contributed by atoms with van der Waals surface area (Å²) in [4.78, 5) is 17.5. The SMILES string of the molecule is Cn1c(CCNC(=O)[C@H](c2ccccc2)n2cnnn2)nc2ccccc21. The van der Waals surface area contributed by atoms with Gasteiger partial charge in [-0.05, 0) is 28.1 Å². The Bertz CT molecular complexity index is 1040. The van der Waals surface area contributed by atoms with Gasteiger partial charge in [0.2, 0.25) is 5.91 Å². The average molecular weight is 361 g/mol. The third-order valence-electron chi connectivity index (χ3n) is 4.52. The Kier molecular flexibility index (Phi) is 4.61. The highest BCUT2D eigenvalue weighted by Gasteiger charge is 2.23. The number of amides is 1. The van der Waals surface area contributed by atoms with Gasteiger partial charge < -0.3 is 9.88 Å². The number of nitrogens with one attached hydrogen (secondary N) is 1. The molecule has 2 aromatic carbocycles. The molecular formula is C19H19N7O. The fraction of sp³-hybridized carbons (Fsp3) is 0.211. The topological polar surface area (TPSA) is 90.5 Å². The van der Waals surface area contributed by atoms with Gasteiger partial charge in [-0.25, -0.2) is 9.67 Å². The largest absolute Gasteiger partial charge is 0.353 e. The third-order valence-corrected chi connectivity index (χ3v) is 4.52. The molecule has 0 radical (unpaired) electrons. The van der Waals surface area contributed by atoms with Crippen LogP contribution in [0.25, 0.3) is 11.0 Å². The standard InChI is InChI=1S/C19H19N7O/c1-25-16-10-6-5-9-15(16)22-17(25)11-12-20-19(27)18(26-13-21-23-24-26)14-7-3-2-4-8-14/h2-10,13,18H,11-12H2,1H3,(H,20,27)/t18-/m0/s1. The first-order valence-corrected chi connectivity index (χ1v) is 8.69. The van der Waals surface area contributed by atoms with Crippen LogP contribution in [0.3, 0.4) is 0 Å². The minimum atomic E-state index is -0.610. The molecule has 2 heterocycles. The fourth-order valence-electron chi connectivity index (χ4n) is 3.16. The monoisotopic (exact) mass is 361 g/mol. The van der Waals surface area contributed by atoms with E-state index >= 15 is 0 Å². The summed E-state index contributed by atoms with van der Waals surface area (Å²) >= 11 is 0. The Balaban J connectivity index is 1.48. The predicted molar refractivity (Wildman–Crippen MR) is 99.8 cm³/mol. The zero-order valence-corrected chi connectivity index (χ0v) is 14.9. The number of nitrogens with zero attached hydrogens (tertiary/aromatic N) is 6. The van der Waals surface area contributed by atoms with Gasteiger partial charge in [0, 0.05) is 20.0 Å². The molecule has 8 nitrogen and oxygen atoms in total. The van der Waals surface area contributed by atoms with Gasteiger partial charge >= 0.3 is 0 Å².